The third kappa shape index (κ3) is 5.90. The van der Waals surface area contributed by atoms with Crippen molar-refractivity contribution in [3.8, 4) is 0 Å². The van der Waals surface area contributed by atoms with Crippen LogP contribution in [0.2, 0.25) is 0 Å². The molecule has 0 spiro atoms. The van der Waals surface area contributed by atoms with E-state index < -0.39 is 30.7 Å². The molecule has 2 amide bonds. The van der Waals surface area contributed by atoms with Gasteiger partial charge >= 0.3 is 7.12 Å². The fourth-order valence-corrected chi connectivity index (χ4v) is 7.80. The SMILES string of the molecule is CC(C)[C@H](NC(=O)[C@H]([NH3+])Cc1ccc2ccccc2c1)C(=O)N[C@H](B1O[C@@H]2C[C@@H]3C[C@@H](C3(C)C)[C@]2(C)O1)c1ccccc1.[Cl-]. The minimum absolute atomic E-state index is 0. The second-order valence-electron chi connectivity index (χ2n) is 14.0. The number of fused-ring (bicyclic) bond motifs is 1. The lowest BCUT2D eigenvalue weighted by molar-refractivity contribution is -0.403. The minimum atomic E-state index is -0.731. The molecule has 4 fully saturated rings. The molecule has 3 aromatic carbocycles. The van der Waals surface area contributed by atoms with Crippen molar-refractivity contribution >= 4 is 29.7 Å². The van der Waals surface area contributed by atoms with Crippen LogP contribution < -0.4 is 28.8 Å². The summed E-state index contributed by atoms with van der Waals surface area (Å²) in [6, 6.07) is 22.9. The highest BCUT2D eigenvalue weighted by Gasteiger charge is 2.68. The van der Waals surface area contributed by atoms with E-state index in [1.807, 2.05) is 62.4 Å². The number of quaternary nitrogens is 1. The van der Waals surface area contributed by atoms with Gasteiger partial charge in [-0.3, -0.25) is 9.59 Å². The molecule has 9 heteroatoms. The number of hydrogen-bond acceptors (Lipinski definition) is 4. The van der Waals surface area contributed by atoms with Crippen molar-refractivity contribution in [2.45, 2.75) is 83.6 Å². The van der Waals surface area contributed by atoms with E-state index in [0.29, 0.717) is 18.3 Å². The van der Waals surface area contributed by atoms with Crippen LogP contribution in [0, 0.1) is 23.2 Å². The van der Waals surface area contributed by atoms with Gasteiger partial charge in [0.25, 0.3) is 5.91 Å². The Balaban J connectivity index is 0.00000384. The van der Waals surface area contributed by atoms with Gasteiger partial charge in [0.1, 0.15) is 6.04 Å². The van der Waals surface area contributed by atoms with Crippen LogP contribution in [0.1, 0.15) is 64.5 Å². The summed E-state index contributed by atoms with van der Waals surface area (Å²) in [7, 11) is -0.617. The van der Waals surface area contributed by atoms with Crippen LogP contribution in [0.5, 0.6) is 0 Å². The van der Waals surface area contributed by atoms with Gasteiger partial charge in [0, 0.05) is 6.42 Å². The monoisotopic (exact) mass is 617 g/mol. The Hall–Kier alpha value is -2.91. The van der Waals surface area contributed by atoms with E-state index >= 15 is 0 Å². The summed E-state index contributed by atoms with van der Waals surface area (Å²) >= 11 is 0. The average Bonchev–Trinajstić information content (AvgIpc) is 3.35. The van der Waals surface area contributed by atoms with Crippen molar-refractivity contribution in [3.05, 3.63) is 83.9 Å². The van der Waals surface area contributed by atoms with Gasteiger partial charge in [-0.15, -0.1) is 0 Å². The zero-order valence-electron chi connectivity index (χ0n) is 26.4. The lowest BCUT2D eigenvalue weighted by Crippen LogP contribution is -3.00. The molecule has 0 unspecified atom stereocenters. The number of nitrogens with one attached hydrogen (secondary N) is 2. The minimum Gasteiger partial charge on any atom is -1.00 e. The van der Waals surface area contributed by atoms with E-state index in [2.05, 4.69) is 61.4 Å². The van der Waals surface area contributed by atoms with Crippen molar-refractivity contribution in [3.63, 3.8) is 0 Å². The first-order chi connectivity index (χ1) is 20.5. The molecule has 1 heterocycles. The topological polar surface area (TPSA) is 104 Å². The molecule has 3 aromatic rings. The summed E-state index contributed by atoms with van der Waals surface area (Å²) in [5.41, 5.74) is 5.92. The van der Waals surface area contributed by atoms with E-state index in [1.165, 1.54) is 0 Å². The Morgan fingerprint density at radius 1 is 0.932 bits per heavy atom. The van der Waals surface area contributed by atoms with Crippen LogP contribution in [0.3, 0.4) is 0 Å². The summed E-state index contributed by atoms with van der Waals surface area (Å²) < 4.78 is 13.4. The molecule has 3 saturated carbocycles. The standard InChI is InChI=1S/C35H44BN3O4.ClH/c1-21(2)30(38-32(40)27(37)18-22-15-16-23-11-9-10-14-25(23)17-22)33(41)39-31(24-12-7-6-8-13-24)36-42-29-20-26-19-28(34(26,3)4)35(29,5)43-36;/h6-17,21,26-31H,18-20,37H2,1-5H3,(H,38,40)(H,39,41);1H/t26-,27+,28-,29+,30-,31-,35-;/m0./s1. The average molecular weight is 618 g/mol. The van der Waals surface area contributed by atoms with E-state index in [0.717, 1.165) is 34.7 Å². The molecule has 7 rings (SSSR count). The summed E-state index contributed by atoms with van der Waals surface area (Å²) in [6.45, 7) is 10.7. The lowest BCUT2D eigenvalue weighted by Gasteiger charge is -2.64. The number of carbonyl (C=O) groups is 2. The smallest absolute Gasteiger partial charge is 0.486 e. The summed E-state index contributed by atoms with van der Waals surface area (Å²) in [5, 5.41) is 8.52. The number of benzene rings is 3. The number of hydrogen-bond donors (Lipinski definition) is 3. The van der Waals surface area contributed by atoms with E-state index in [4.69, 9.17) is 9.31 Å². The summed E-state index contributed by atoms with van der Waals surface area (Å²) in [6.07, 6.45) is 2.61. The normalized spacial score (nSPS) is 27.0. The first kappa shape index (κ1) is 32.5. The van der Waals surface area contributed by atoms with Crippen molar-refractivity contribution in [1.82, 2.24) is 10.6 Å². The Bertz CT molecular complexity index is 1500. The van der Waals surface area contributed by atoms with Gasteiger partial charge in [0.05, 0.1) is 17.6 Å². The molecular formula is C35H45BClN3O4. The predicted molar refractivity (Wildman–Crippen MR) is 169 cm³/mol. The molecule has 7 nitrogen and oxygen atoms in total. The number of amides is 2. The maximum Gasteiger partial charge on any atom is 0.486 e. The van der Waals surface area contributed by atoms with Gasteiger partial charge in [0.2, 0.25) is 5.91 Å². The van der Waals surface area contributed by atoms with Gasteiger partial charge in [-0.1, -0.05) is 100 Å². The summed E-state index contributed by atoms with van der Waals surface area (Å²) in [4.78, 5) is 27.3. The number of halogens is 1. The van der Waals surface area contributed by atoms with Crippen LogP contribution in [0.4, 0.5) is 0 Å². The maximum atomic E-state index is 13.9. The van der Waals surface area contributed by atoms with Gasteiger partial charge in [-0.25, -0.2) is 0 Å². The van der Waals surface area contributed by atoms with Gasteiger partial charge in [-0.05, 0) is 64.8 Å². The van der Waals surface area contributed by atoms with Crippen LogP contribution in [0.15, 0.2) is 72.8 Å². The molecule has 5 N–H and O–H groups in total. The first-order valence-electron chi connectivity index (χ1n) is 15.8. The highest BCUT2D eigenvalue weighted by molar-refractivity contribution is 6.47. The zero-order chi connectivity index (χ0) is 30.5. The molecule has 0 aromatic heterocycles. The van der Waals surface area contributed by atoms with E-state index in [1.54, 1.807) is 0 Å². The third-order valence-corrected chi connectivity index (χ3v) is 10.6. The van der Waals surface area contributed by atoms with E-state index in [9.17, 15) is 9.59 Å². The van der Waals surface area contributed by atoms with Gasteiger partial charge < -0.3 is 38.1 Å². The van der Waals surface area contributed by atoms with Gasteiger partial charge in [0.15, 0.2) is 6.04 Å². The fraction of sp³-hybridized carbons (Fsp3) is 0.486. The van der Waals surface area contributed by atoms with E-state index in [-0.39, 0.29) is 41.7 Å². The highest BCUT2D eigenvalue weighted by atomic mass is 35.5. The molecule has 44 heavy (non-hydrogen) atoms. The Labute approximate surface area is 267 Å². The van der Waals surface area contributed by atoms with Gasteiger partial charge in [-0.2, -0.15) is 0 Å². The van der Waals surface area contributed by atoms with Crippen molar-refractivity contribution in [2.24, 2.45) is 23.2 Å². The molecule has 1 saturated heterocycles. The zero-order valence-corrected chi connectivity index (χ0v) is 27.1. The first-order valence-corrected chi connectivity index (χ1v) is 15.8. The molecular weight excluding hydrogens is 573 g/mol. The highest BCUT2D eigenvalue weighted by Crippen LogP contribution is 2.66. The molecule has 3 aliphatic carbocycles. The quantitative estimate of drug-likeness (QED) is 0.315. The van der Waals surface area contributed by atoms with Crippen LogP contribution in [-0.2, 0) is 25.3 Å². The molecule has 2 bridgehead atoms. The van der Waals surface area contributed by atoms with Crippen LogP contribution in [-0.4, -0.2) is 42.7 Å². The van der Waals surface area contributed by atoms with Crippen molar-refractivity contribution in [1.29, 1.82) is 0 Å². The molecule has 4 aliphatic rings. The lowest BCUT2D eigenvalue weighted by atomic mass is 9.43. The second-order valence-corrected chi connectivity index (χ2v) is 14.0. The largest absolute Gasteiger partial charge is 1.00 e. The molecule has 234 valence electrons. The maximum absolute atomic E-state index is 13.9. The third-order valence-electron chi connectivity index (χ3n) is 10.6. The predicted octanol–water partition coefficient (Wildman–Crippen LogP) is 1.26. The molecule has 0 radical (unpaired) electrons. The van der Waals surface area contributed by atoms with Crippen LogP contribution in [0.25, 0.3) is 10.8 Å². The Morgan fingerprint density at radius 2 is 1.61 bits per heavy atom. The van der Waals surface area contributed by atoms with Crippen molar-refractivity contribution < 1.29 is 37.0 Å². The Kier molecular flexibility index (Phi) is 9.21. The summed E-state index contributed by atoms with van der Waals surface area (Å²) in [5.74, 6) is -0.0951. The molecule has 1 aliphatic heterocycles. The number of carbonyl (C=O) groups excluding carboxylic acids is 2. The second kappa shape index (κ2) is 12.5. The Morgan fingerprint density at radius 3 is 2.30 bits per heavy atom. The fourth-order valence-electron chi connectivity index (χ4n) is 7.80. The van der Waals surface area contributed by atoms with Crippen molar-refractivity contribution in [2.75, 3.05) is 0 Å². The number of rotatable bonds is 9. The van der Waals surface area contributed by atoms with Crippen LogP contribution >= 0.6 is 0 Å². The molecule has 7 atom stereocenters.